The van der Waals surface area contributed by atoms with Crippen LogP contribution in [0.5, 0.6) is 11.5 Å². The van der Waals surface area contributed by atoms with Crippen molar-refractivity contribution in [3.8, 4) is 11.5 Å². The van der Waals surface area contributed by atoms with Crippen LogP contribution in [0, 0.1) is 5.92 Å². The molecule has 0 spiro atoms. The molecule has 5 aromatic rings. The van der Waals surface area contributed by atoms with Crippen molar-refractivity contribution in [3.63, 3.8) is 0 Å². The summed E-state index contributed by atoms with van der Waals surface area (Å²) in [5.74, 6) is -0.228. The maximum atomic E-state index is 13.6. The Balaban J connectivity index is 0.00000600. The Bertz CT molecular complexity index is 2120. The first-order valence-electron chi connectivity index (χ1n) is 18.9. The lowest BCUT2D eigenvalue weighted by Crippen LogP contribution is -2.40. The van der Waals surface area contributed by atoms with E-state index in [2.05, 4.69) is 22.2 Å². The fraction of sp³-hybridized carbons (Fsp3) is 0.341. The number of hydrogen-bond acceptors (Lipinski definition) is 9. The number of piperidine rings is 1. The van der Waals surface area contributed by atoms with E-state index in [-0.39, 0.29) is 43.2 Å². The number of phenols is 1. The van der Waals surface area contributed by atoms with Crippen molar-refractivity contribution >= 4 is 36.3 Å². The van der Waals surface area contributed by atoms with Crippen LogP contribution in [0.15, 0.2) is 108 Å². The second-order valence-corrected chi connectivity index (χ2v) is 14.3. The standard InChI is InChI=1S/C44H49N3O8.H2S/c1-47-25-22-31(23-26-47)29-55-43(52)44(53,33-9-3-2-4-10-33)34-11-6-12-35(28-34)54-27-7-24-45-42(51)32-16-14-30(15-17-32)8-5-13-38(48)36-18-20-39(49)41-37(36)19-21-40(50)46-41;/h2-4,6,9-12,14-21,28,31,38,48-49,53H,5,7-8,13,22-27,29H2,1H3,(H,45,51)(H,46,50);1H2/t38-,44-;/m0./s1. The number of carbonyl (C=O) groups excluding carboxylic acids is 2. The second kappa shape index (κ2) is 19.6. The van der Waals surface area contributed by atoms with E-state index in [1.807, 2.05) is 18.2 Å². The van der Waals surface area contributed by atoms with E-state index < -0.39 is 17.7 Å². The van der Waals surface area contributed by atoms with Gasteiger partial charge in [0.15, 0.2) is 0 Å². The number of benzene rings is 4. The lowest BCUT2D eigenvalue weighted by molar-refractivity contribution is -0.164. The Labute approximate surface area is 333 Å². The molecule has 0 saturated carbocycles. The van der Waals surface area contributed by atoms with Gasteiger partial charge in [0.05, 0.1) is 24.8 Å². The first-order chi connectivity index (χ1) is 26.6. The SMILES string of the molecule is CN1CCC(COC(=O)[C@](O)(c2ccccc2)c2cccc(OCCCNC(=O)c3ccc(CCC[C@H](O)c4ccc(O)c5[nH]c(=O)ccc45)cc3)c2)CC1.S. The molecule has 1 amide bonds. The van der Waals surface area contributed by atoms with Gasteiger partial charge >= 0.3 is 5.97 Å². The van der Waals surface area contributed by atoms with Gasteiger partial charge in [-0.05, 0) is 118 Å². The number of nitrogens with one attached hydrogen (secondary N) is 2. The number of aromatic nitrogens is 1. The van der Waals surface area contributed by atoms with Crippen LogP contribution < -0.4 is 15.6 Å². The highest BCUT2D eigenvalue weighted by molar-refractivity contribution is 7.59. The number of aromatic hydroxyl groups is 1. The summed E-state index contributed by atoms with van der Waals surface area (Å²) in [5, 5.41) is 36.5. The van der Waals surface area contributed by atoms with Gasteiger partial charge in [-0.2, -0.15) is 13.5 Å². The molecular weight excluding hydrogens is 731 g/mol. The molecule has 5 N–H and O–H groups in total. The average Bonchev–Trinajstić information content (AvgIpc) is 3.21. The van der Waals surface area contributed by atoms with Crippen molar-refractivity contribution in [2.24, 2.45) is 5.92 Å². The zero-order valence-electron chi connectivity index (χ0n) is 31.6. The molecule has 1 aromatic heterocycles. The molecule has 1 aliphatic heterocycles. The van der Waals surface area contributed by atoms with Gasteiger partial charge in [0.25, 0.3) is 5.91 Å². The van der Waals surface area contributed by atoms with Crippen LogP contribution in [0.1, 0.15) is 70.8 Å². The number of aliphatic hydroxyl groups is 2. The molecule has 4 aromatic carbocycles. The summed E-state index contributed by atoms with van der Waals surface area (Å²) in [6.07, 6.45) is 3.50. The number of H-pyrrole nitrogens is 1. The van der Waals surface area contributed by atoms with E-state index in [4.69, 9.17) is 9.47 Å². The molecule has 56 heavy (non-hydrogen) atoms. The molecule has 1 saturated heterocycles. The number of amides is 1. The lowest BCUT2D eigenvalue weighted by atomic mass is 9.86. The number of carbonyl (C=O) groups is 2. The van der Waals surface area contributed by atoms with Crippen molar-refractivity contribution in [3.05, 3.63) is 141 Å². The highest BCUT2D eigenvalue weighted by atomic mass is 32.1. The number of pyridine rings is 1. The number of fused-ring (bicyclic) bond motifs is 1. The smallest absolute Gasteiger partial charge is 0.347 e. The third-order valence-corrected chi connectivity index (χ3v) is 10.3. The van der Waals surface area contributed by atoms with Gasteiger partial charge in [-0.1, -0.05) is 60.7 Å². The molecule has 296 valence electrons. The summed E-state index contributed by atoms with van der Waals surface area (Å²) in [5.41, 5.74) is 0.936. The summed E-state index contributed by atoms with van der Waals surface area (Å²) >= 11 is 0. The van der Waals surface area contributed by atoms with Gasteiger partial charge in [0.1, 0.15) is 11.5 Å². The van der Waals surface area contributed by atoms with Crippen LogP contribution in [-0.2, 0) is 21.6 Å². The first-order valence-corrected chi connectivity index (χ1v) is 18.9. The van der Waals surface area contributed by atoms with E-state index in [0.717, 1.165) is 31.5 Å². The molecule has 11 nitrogen and oxygen atoms in total. The van der Waals surface area contributed by atoms with Crippen LogP contribution in [0.4, 0.5) is 0 Å². The van der Waals surface area contributed by atoms with E-state index in [1.165, 1.54) is 12.1 Å². The molecule has 12 heteroatoms. The van der Waals surface area contributed by atoms with Crippen molar-refractivity contribution < 1.29 is 34.4 Å². The molecule has 0 radical (unpaired) electrons. The minimum atomic E-state index is -2.01. The highest BCUT2D eigenvalue weighted by Gasteiger charge is 2.42. The van der Waals surface area contributed by atoms with Gasteiger partial charge in [0.2, 0.25) is 11.2 Å². The van der Waals surface area contributed by atoms with Crippen molar-refractivity contribution in [1.29, 1.82) is 0 Å². The van der Waals surface area contributed by atoms with E-state index in [0.29, 0.717) is 77.7 Å². The molecule has 0 bridgehead atoms. The number of phenolic OH excluding ortho intramolecular Hbond substituents is 1. The van der Waals surface area contributed by atoms with Crippen molar-refractivity contribution in [1.82, 2.24) is 15.2 Å². The van der Waals surface area contributed by atoms with Gasteiger partial charge in [0, 0.05) is 29.1 Å². The number of likely N-dealkylation sites (tertiary alicyclic amines) is 1. The minimum Gasteiger partial charge on any atom is -0.506 e. The maximum Gasteiger partial charge on any atom is 0.347 e. The van der Waals surface area contributed by atoms with E-state index in [1.54, 1.807) is 72.8 Å². The Hall–Kier alpha value is -5.14. The van der Waals surface area contributed by atoms with Gasteiger partial charge in [-0.3, -0.25) is 9.59 Å². The maximum absolute atomic E-state index is 13.6. The second-order valence-electron chi connectivity index (χ2n) is 14.3. The van der Waals surface area contributed by atoms with Crippen LogP contribution in [0.25, 0.3) is 10.9 Å². The predicted octanol–water partition coefficient (Wildman–Crippen LogP) is 5.72. The quantitative estimate of drug-likeness (QED) is 0.0623. The van der Waals surface area contributed by atoms with Crippen molar-refractivity contribution in [2.75, 3.05) is 39.9 Å². The summed E-state index contributed by atoms with van der Waals surface area (Å²) < 4.78 is 11.7. The fourth-order valence-electron chi connectivity index (χ4n) is 7.01. The number of aliphatic hydroxyl groups excluding tert-OH is 1. The number of esters is 1. The largest absolute Gasteiger partial charge is 0.506 e. The molecule has 0 unspecified atom stereocenters. The van der Waals surface area contributed by atoms with Crippen LogP contribution >= 0.6 is 13.5 Å². The highest BCUT2D eigenvalue weighted by Crippen LogP contribution is 2.34. The topological polar surface area (TPSA) is 161 Å². The number of rotatable bonds is 16. The summed E-state index contributed by atoms with van der Waals surface area (Å²) in [7, 11) is 2.08. The zero-order chi connectivity index (χ0) is 38.8. The van der Waals surface area contributed by atoms with Crippen LogP contribution in [0.3, 0.4) is 0 Å². The summed E-state index contributed by atoms with van der Waals surface area (Å²) in [6.45, 7) is 2.84. The van der Waals surface area contributed by atoms with Crippen LogP contribution in [-0.4, -0.2) is 77.0 Å². The van der Waals surface area contributed by atoms with Gasteiger partial charge in [-0.15, -0.1) is 0 Å². The summed E-state index contributed by atoms with van der Waals surface area (Å²) in [6, 6.07) is 29.1. The van der Waals surface area contributed by atoms with Crippen molar-refractivity contribution in [2.45, 2.75) is 50.2 Å². The van der Waals surface area contributed by atoms with Gasteiger partial charge < -0.3 is 40.0 Å². The Kier molecular flexibility index (Phi) is 14.7. The molecule has 1 fully saturated rings. The van der Waals surface area contributed by atoms with E-state index in [9.17, 15) is 29.7 Å². The molecule has 2 heterocycles. The fourth-order valence-corrected chi connectivity index (χ4v) is 7.01. The monoisotopic (exact) mass is 781 g/mol. The molecular formula is C44H51N3O8S. The number of aryl methyl sites for hydroxylation is 1. The summed E-state index contributed by atoms with van der Waals surface area (Å²) in [4.78, 5) is 43.0. The third kappa shape index (κ3) is 10.4. The van der Waals surface area contributed by atoms with Crippen LogP contribution in [0.2, 0.25) is 0 Å². The Morgan fingerprint density at radius 2 is 1.66 bits per heavy atom. The average molecular weight is 782 g/mol. The minimum absolute atomic E-state index is 0. The Morgan fingerprint density at radius 1 is 0.929 bits per heavy atom. The molecule has 2 atom stereocenters. The molecule has 1 aliphatic rings. The van der Waals surface area contributed by atoms with E-state index >= 15 is 0 Å². The first kappa shape index (κ1) is 42.0. The number of nitrogens with zero attached hydrogens (tertiary/aromatic N) is 1. The third-order valence-electron chi connectivity index (χ3n) is 10.3. The van der Waals surface area contributed by atoms with Gasteiger partial charge in [-0.25, -0.2) is 4.79 Å². The number of ether oxygens (including phenoxy) is 2. The number of hydrogen-bond donors (Lipinski definition) is 5. The predicted molar refractivity (Wildman–Crippen MR) is 220 cm³/mol. The Morgan fingerprint density at radius 3 is 2.41 bits per heavy atom. The molecule has 0 aliphatic carbocycles. The zero-order valence-corrected chi connectivity index (χ0v) is 32.6. The lowest BCUT2D eigenvalue weighted by Gasteiger charge is -2.31. The number of aromatic amines is 1. The normalized spacial score (nSPS) is 15.0. The molecule has 6 rings (SSSR count).